The molecular weight excluding hydrogens is 291 g/mol. The Morgan fingerprint density at radius 1 is 1.43 bits per heavy atom. The van der Waals surface area contributed by atoms with Gasteiger partial charge in [-0.1, -0.05) is 17.4 Å². The van der Waals surface area contributed by atoms with E-state index in [9.17, 15) is 9.18 Å². The zero-order valence-electron chi connectivity index (χ0n) is 12.0. The minimum absolute atomic E-state index is 0.131. The smallest absolute Gasteiger partial charge is 0.269 e. The normalized spacial score (nSPS) is 10.7. The number of nitrogens with one attached hydrogen (secondary N) is 2. The highest BCUT2D eigenvalue weighted by Crippen LogP contribution is 2.27. The fraction of sp³-hybridized carbons (Fsp3) is 0.286. The van der Waals surface area contributed by atoms with Crippen molar-refractivity contribution < 1.29 is 9.18 Å². The Morgan fingerprint density at radius 2 is 2.14 bits per heavy atom. The summed E-state index contributed by atoms with van der Waals surface area (Å²) in [6.07, 6.45) is 0. The molecule has 0 spiro atoms. The summed E-state index contributed by atoms with van der Waals surface area (Å²) in [6.45, 7) is 5.74. The second-order valence-corrected chi connectivity index (χ2v) is 5.97. The SMILES string of the molecule is Cc1ccc(F)c(NC(=O)c2sc(NC(C)C)nc2N)c1. The average molecular weight is 308 g/mol. The molecule has 0 radical (unpaired) electrons. The van der Waals surface area contributed by atoms with E-state index in [-0.39, 0.29) is 22.4 Å². The number of carbonyl (C=O) groups is 1. The lowest BCUT2D eigenvalue weighted by Crippen LogP contribution is -2.13. The second-order valence-electron chi connectivity index (χ2n) is 4.97. The number of hydrogen-bond acceptors (Lipinski definition) is 5. The minimum Gasteiger partial charge on any atom is -0.382 e. The highest BCUT2D eigenvalue weighted by atomic mass is 32.1. The highest BCUT2D eigenvalue weighted by molar-refractivity contribution is 7.18. The molecule has 2 aromatic rings. The lowest BCUT2D eigenvalue weighted by Gasteiger charge is -2.06. The summed E-state index contributed by atoms with van der Waals surface area (Å²) in [7, 11) is 0. The van der Waals surface area contributed by atoms with Crippen LogP contribution in [0.15, 0.2) is 18.2 Å². The maximum Gasteiger partial charge on any atom is 0.269 e. The molecule has 2 rings (SSSR count). The number of hydrogen-bond donors (Lipinski definition) is 3. The van der Waals surface area contributed by atoms with Crippen molar-refractivity contribution in [2.75, 3.05) is 16.4 Å². The fourth-order valence-electron chi connectivity index (χ4n) is 1.72. The van der Waals surface area contributed by atoms with Gasteiger partial charge in [0.2, 0.25) is 0 Å². The molecule has 1 amide bonds. The van der Waals surface area contributed by atoms with E-state index in [2.05, 4.69) is 15.6 Å². The lowest BCUT2D eigenvalue weighted by atomic mass is 10.2. The number of nitrogens with two attached hydrogens (primary N) is 1. The number of thiazole rings is 1. The maximum absolute atomic E-state index is 13.7. The van der Waals surface area contributed by atoms with Crippen LogP contribution in [0.3, 0.4) is 0 Å². The summed E-state index contributed by atoms with van der Waals surface area (Å²) in [5.74, 6) is -0.822. The van der Waals surface area contributed by atoms with Gasteiger partial charge in [-0.15, -0.1) is 0 Å². The quantitative estimate of drug-likeness (QED) is 0.810. The Labute approximate surface area is 126 Å². The van der Waals surface area contributed by atoms with Crippen molar-refractivity contribution in [3.05, 3.63) is 34.5 Å². The van der Waals surface area contributed by atoms with Crippen LogP contribution in [-0.4, -0.2) is 16.9 Å². The Kier molecular flexibility index (Phi) is 4.42. The first-order chi connectivity index (χ1) is 9.86. The predicted octanol–water partition coefficient (Wildman–Crippen LogP) is 3.25. The van der Waals surface area contributed by atoms with Crippen molar-refractivity contribution in [3.8, 4) is 0 Å². The minimum atomic E-state index is -0.488. The van der Waals surface area contributed by atoms with Crippen LogP contribution >= 0.6 is 11.3 Å². The molecule has 0 aliphatic rings. The molecule has 0 unspecified atom stereocenters. The van der Waals surface area contributed by atoms with Crippen molar-refractivity contribution in [2.24, 2.45) is 0 Å². The van der Waals surface area contributed by atoms with Crippen molar-refractivity contribution in [3.63, 3.8) is 0 Å². The Hall–Kier alpha value is -2.15. The number of anilines is 3. The van der Waals surface area contributed by atoms with Gasteiger partial charge in [0.15, 0.2) is 5.13 Å². The molecule has 0 saturated heterocycles. The topological polar surface area (TPSA) is 80.0 Å². The number of aromatic nitrogens is 1. The van der Waals surface area contributed by atoms with Gasteiger partial charge in [-0.05, 0) is 38.5 Å². The lowest BCUT2D eigenvalue weighted by molar-refractivity contribution is 0.103. The van der Waals surface area contributed by atoms with E-state index in [1.807, 2.05) is 20.8 Å². The van der Waals surface area contributed by atoms with E-state index < -0.39 is 11.7 Å². The molecule has 112 valence electrons. The van der Waals surface area contributed by atoms with Gasteiger partial charge in [0.1, 0.15) is 16.5 Å². The van der Waals surface area contributed by atoms with Gasteiger partial charge in [0.05, 0.1) is 5.69 Å². The van der Waals surface area contributed by atoms with Gasteiger partial charge in [-0.2, -0.15) is 0 Å². The Balaban J connectivity index is 2.20. The molecule has 1 aromatic heterocycles. The molecular formula is C14H17FN4OS. The van der Waals surface area contributed by atoms with Gasteiger partial charge >= 0.3 is 0 Å². The average Bonchev–Trinajstić information content (AvgIpc) is 2.74. The van der Waals surface area contributed by atoms with E-state index in [0.717, 1.165) is 16.9 Å². The standard InChI is InChI=1S/C14H17FN4OS/c1-7(2)17-14-19-12(16)11(21-14)13(20)18-10-6-8(3)4-5-9(10)15/h4-7H,16H2,1-3H3,(H,17,19)(H,18,20). The van der Waals surface area contributed by atoms with Crippen molar-refractivity contribution in [1.29, 1.82) is 0 Å². The van der Waals surface area contributed by atoms with Gasteiger partial charge in [0, 0.05) is 6.04 Å². The first-order valence-electron chi connectivity index (χ1n) is 6.47. The van der Waals surface area contributed by atoms with Crippen LogP contribution in [0.4, 0.5) is 21.0 Å². The summed E-state index contributed by atoms with van der Waals surface area (Å²) < 4.78 is 13.7. The zero-order valence-corrected chi connectivity index (χ0v) is 12.8. The Bertz CT molecular complexity index is 669. The van der Waals surface area contributed by atoms with Crippen molar-refractivity contribution in [2.45, 2.75) is 26.8 Å². The van der Waals surface area contributed by atoms with Gasteiger partial charge in [-0.25, -0.2) is 9.37 Å². The third kappa shape index (κ3) is 3.69. The molecule has 0 saturated carbocycles. The number of carbonyl (C=O) groups excluding carboxylic acids is 1. The summed E-state index contributed by atoms with van der Waals surface area (Å²) >= 11 is 1.14. The molecule has 7 heteroatoms. The number of benzene rings is 1. The zero-order chi connectivity index (χ0) is 15.6. The molecule has 0 aliphatic heterocycles. The van der Waals surface area contributed by atoms with E-state index in [0.29, 0.717) is 5.13 Å². The van der Waals surface area contributed by atoms with Gasteiger partial charge in [-0.3, -0.25) is 4.79 Å². The van der Waals surface area contributed by atoms with Crippen LogP contribution in [0.2, 0.25) is 0 Å². The molecule has 4 N–H and O–H groups in total. The second kappa shape index (κ2) is 6.09. The first kappa shape index (κ1) is 15.2. The number of rotatable bonds is 4. The van der Waals surface area contributed by atoms with Gasteiger partial charge in [0.25, 0.3) is 5.91 Å². The molecule has 0 bridgehead atoms. The maximum atomic E-state index is 13.7. The summed E-state index contributed by atoms with van der Waals surface area (Å²) in [5.41, 5.74) is 6.73. The van der Waals surface area contributed by atoms with Crippen LogP contribution in [0.1, 0.15) is 29.1 Å². The van der Waals surface area contributed by atoms with Crippen LogP contribution in [0.25, 0.3) is 0 Å². The third-order valence-corrected chi connectivity index (χ3v) is 3.64. The largest absolute Gasteiger partial charge is 0.382 e. The molecule has 0 fully saturated rings. The van der Waals surface area contributed by atoms with Crippen molar-refractivity contribution >= 4 is 33.9 Å². The third-order valence-electron chi connectivity index (χ3n) is 2.64. The van der Waals surface area contributed by atoms with E-state index in [4.69, 9.17) is 5.73 Å². The first-order valence-corrected chi connectivity index (χ1v) is 7.29. The highest BCUT2D eigenvalue weighted by Gasteiger charge is 2.18. The number of aryl methyl sites for hydroxylation is 1. The monoisotopic (exact) mass is 308 g/mol. The molecule has 1 aromatic carbocycles. The summed E-state index contributed by atoms with van der Waals surface area (Å²) in [5, 5.41) is 6.17. The fourth-order valence-corrected chi connectivity index (χ4v) is 2.64. The number of amides is 1. The van der Waals surface area contributed by atoms with E-state index in [1.54, 1.807) is 12.1 Å². The van der Waals surface area contributed by atoms with Crippen LogP contribution in [0.5, 0.6) is 0 Å². The molecule has 0 aliphatic carbocycles. The van der Waals surface area contributed by atoms with E-state index in [1.165, 1.54) is 6.07 Å². The molecule has 0 atom stereocenters. The number of nitrogen functional groups attached to an aromatic ring is 1. The number of halogens is 1. The van der Waals surface area contributed by atoms with E-state index >= 15 is 0 Å². The predicted molar refractivity (Wildman–Crippen MR) is 84.4 cm³/mol. The summed E-state index contributed by atoms with van der Waals surface area (Å²) in [4.78, 5) is 16.5. The molecule has 1 heterocycles. The number of nitrogens with zero attached hydrogens (tertiary/aromatic N) is 1. The van der Waals surface area contributed by atoms with Crippen LogP contribution in [0, 0.1) is 12.7 Å². The van der Waals surface area contributed by atoms with Crippen LogP contribution < -0.4 is 16.4 Å². The molecule has 21 heavy (non-hydrogen) atoms. The van der Waals surface area contributed by atoms with Crippen LogP contribution in [-0.2, 0) is 0 Å². The van der Waals surface area contributed by atoms with Gasteiger partial charge < -0.3 is 16.4 Å². The Morgan fingerprint density at radius 3 is 2.81 bits per heavy atom. The molecule has 5 nitrogen and oxygen atoms in total. The van der Waals surface area contributed by atoms with Crippen molar-refractivity contribution in [1.82, 2.24) is 4.98 Å². The summed E-state index contributed by atoms with van der Waals surface area (Å²) in [6, 6.07) is 4.70.